The highest BCUT2D eigenvalue weighted by molar-refractivity contribution is 6.31. The van der Waals surface area contributed by atoms with Gasteiger partial charge in [0.1, 0.15) is 5.56 Å². The van der Waals surface area contributed by atoms with Crippen molar-refractivity contribution >= 4 is 23.2 Å². The van der Waals surface area contributed by atoms with Gasteiger partial charge in [0.15, 0.2) is 0 Å². The van der Waals surface area contributed by atoms with Crippen LogP contribution in [0.25, 0.3) is 0 Å². The lowest BCUT2D eigenvalue weighted by Gasteiger charge is -2.35. The van der Waals surface area contributed by atoms with Crippen LogP contribution in [0, 0.1) is 10.1 Å². The summed E-state index contributed by atoms with van der Waals surface area (Å²) < 4.78 is 0. The van der Waals surface area contributed by atoms with E-state index in [1.165, 1.54) is 17.0 Å². The quantitative estimate of drug-likeness (QED) is 0.634. The van der Waals surface area contributed by atoms with Gasteiger partial charge in [-0.25, -0.2) is 0 Å². The summed E-state index contributed by atoms with van der Waals surface area (Å²) in [5.41, 5.74) is -0.324. The second-order valence-electron chi connectivity index (χ2n) is 3.78. The highest BCUT2D eigenvalue weighted by atomic mass is 35.5. The van der Waals surface area contributed by atoms with E-state index in [0.29, 0.717) is 0 Å². The molecule has 0 aromatic heterocycles. The lowest BCUT2D eigenvalue weighted by Crippen LogP contribution is -2.53. The molecule has 6 nitrogen and oxygen atoms in total. The Morgan fingerprint density at radius 3 is 2.71 bits per heavy atom. The molecule has 90 valence electrons. The maximum absolute atomic E-state index is 11.9. The van der Waals surface area contributed by atoms with Crippen LogP contribution in [0.2, 0.25) is 5.02 Å². The smallest absolute Gasteiger partial charge is 0.283 e. The second kappa shape index (κ2) is 4.31. The van der Waals surface area contributed by atoms with Crippen LogP contribution < -0.4 is 0 Å². The average molecular weight is 257 g/mol. The molecule has 0 aliphatic carbocycles. The van der Waals surface area contributed by atoms with E-state index in [1.54, 1.807) is 0 Å². The zero-order valence-corrected chi connectivity index (χ0v) is 9.42. The molecule has 0 unspecified atom stereocenters. The van der Waals surface area contributed by atoms with Gasteiger partial charge in [-0.05, 0) is 12.1 Å². The molecule has 1 N–H and O–H groups in total. The number of nitrogens with zero attached hydrogens (tertiary/aromatic N) is 2. The minimum Gasteiger partial charge on any atom is -0.389 e. The predicted octanol–water partition coefficient (Wildman–Crippen LogP) is 1.06. The normalized spacial score (nSPS) is 15.5. The number of nitro groups is 1. The summed E-state index contributed by atoms with van der Waals surface area (Å²) in [6.45, 7) is 0.414. The van der Waals surface area contributed by atoms with Gasteiger partial charge < -0.3 is 10.0 Å². The molecule has 1 saturated heterocycles. The zero-order valence-electron chi connectivity index (χ0n) is 8.67. The van der Waals surface area contributed by atoms with Gasteiger partial charge in [-0.2, -0.15) is 0 Å². The van der Waals surface area contributed by atoms with E-state index in [2.05, 4.69) is 0 Å². The van der Waals surface area contributed by atoms with Crippen LogP contribution in [-0.2, 0) is 0 Å². The molecule has 17 heavy (non-hydrogen) atoms. The first-order valence-electron chi connectivity index (χ1n) is 4.90. The first-order chi connectivity index (χ1) is 7.99. The van der Waals surface area contributed by atoms with Gasteiger partial charge in [-0.1, -0.05) is 11.6 Å². The highest BCUT2D eigenvalue weighted by Crippen LogP contribution is 2.25. The minimum atomic E-state index is -0.644. The van der Waals surface area contributed by atoms with E-state index in [1.807, 2.05) is 0 Å². The summed E-state index contributed by atoms with van der Waals surface area (Å²) in [4.78, 5) is 23.4. The maximum atomic E-state index is 11.9. The van der Waals surface area contributed by atoms with Crippen molar-refractivity contribution in [1.82, 2.24) is 4.90 Å². The summed E-state index contributed by atoms with van der Waals surface area (Å²) in [6.07, 6.45) is -0.537. The van der Waals surface area contributed by atoms with Gasteiger partial charge in [-0.15, -0.1) is 0 Å². The molecule has 0 radical (unpaired) electrons. The first-order valence-corrected chi connectivity index (χ1v) is 5.28. The van der Waals surface area contributed by atoms with E-state index in [0.717, 1.165) is 6.07 Å². The van der Waals surface area contributed by atoms with Crippen molar-refractivity contribution in [1.29, 1.82) is 0 Å². The number of benzene rings is 1. The van der Waals surface area contributed by atoms with E-state index in [4.69, 9.17) is 16.7 Å². The van der Waals surface area contributed by atoms with Crippen LogP contribution in [0.3, 0.4) is 0 Å². The fourth-order valence-electron chi connectivity index (χ4n) is 1.63. The van der Waals surface area contributed by atoms with Crippen molar-refractivity contribution < 1.29 is 14.8 Å². The number of rotatable bonds is 2. The number of hydrogen-bond donors (Lipinski definition) is 1. The molecular weight excluding hydrogens is 248 g/mol. The molecule has 1 aliphatic rings. The number of carbonyl (C=O) groups excluding carboxylic acids is 1. The lowest BCUT2D eigenvalue weighted by atomic mass is 10.1. The van der Waals surface area contributed by atoms with Gasteiger partial charge in [0.25, 0.3) is 11.6 Å². The molecule has 1 heterocycles. The Hall–Kier alpha value is -1.66. The van der Waals surface area contributed by atoms with E-state index in [-0.39, 0.29) is 29.4 Å². The van der Waals surface area contributed by atoms with Gasteiger partial charge in [0, 0.05) is 24.2 Å². The number of likely N-dealkylation sites (tertiary alicyclic amines) is 1. The molecule has 2 rings (SSSR count). The summed E-state index contributed by atoms with van der Waals surface area (Å²) in [7, 11) is 0. The van der Waals surface area contributed by atoms with Crippen LogP contribution in [0.1, 0.15) is 10.4 Å². The van der Waals surface area contributed by atoms with Crippen LogP contribution >= 0.6 is 11.6 Å². The molecule has 0 bridgehead atoms. The largest absolute Gasteiger partial charge is 0.389 e. The average Bonchev–Trinajstić information content (AvgIpc) is 2.23. The Morgan fingerprint density at radius 2 is 2.18 bits per heavy atom. The zero-order chi connectivity index (χ0) is 12.6. The third kappa shape index (κ3) is 2.22. The Morgan fingerprint density at radius 1 is 1.53 bits per heavy atom. The van der Waals surface area contributed by atoms with Crippen LogP contribution in [-0.4, -0.2) is 40.0 Å². The lowest BCUT2D eigenvalue weighted by molar-refractivity contribution is -0.385. The molecule has 1 fully saturated rings. The third-order valence-electron chi connectivity index (χ3n) is 2.54. The number of hydrogen-bond acceptors (Lipinski definition) is 4. The van der Waals surface area contributed by atoms with Gasteiger partial charge in [0.2, 0.25) is 0 Å². The van der Waals surface area contributed by atoms with E-state index in [9.17, 15) is 14.9 Å². The maximum Gasteiger partial charge on any atom is 0.283 e. The molecule has 1 aliphatic heterocycles. The molecule has 7 heteroatoms. The van der Waals surface area contributed by atoms with Gasteiger partial charge >= 0.3 is 0 Å². The Bertz CT molecular complexity index is 485. The number of β-amino-alcohol motifs (C(OH)–C–C–N with tert-alkyl or cyclic N) is 1. The SMILES string of the molecule is O=C(c1ccc(Cl)cc1[N+](=O)[O-])N1CC(O)C1. The molecule has 0 atom stereocenters. The minimum absolute atomic E-state index is 0.00806. The Kier molecular flexibility index (Phi) is 2.99. The number of aliphatic hydroxyl groups is 1. The Balaban J connectivity index is 2.31. The summed E-state index contributed by atoms with van der Waals surface area (Å²) in [5, 5.41) is 20.1. The van der Waals surface area contributed by atoms with Crippen molar-refractivity contribution in [2.45, 2.75) is 6.10 Å². The van der Waals surface area contributed by atoms with Crippen LogP contribution in [0.15, 0.2) is 18.2 Å². The number of halogens is 1. The molecule has 0 saturated carbocycles. The third-order valence-corrected chi connectivity index (χ3v) is 2.77. The topological polar surface area (TPSA) is 83.7 Å². The van der Waals surface area contributed by atoms with Crippen LogP contribution in [0.4, 0.5) is 5.69 Å². The predicted molar refractivity (Wildman–Crippen MR) is 60.0 cm³/mol. The van der Waals surface area contributed by atoms with Crippen molar-refractivity contribution in [3.05, 3.63) is 38.9 Å². The van der Waals surface area contributed by atoms with E-state index < -0.39 is 16.9 Å². The van der Waals surface area contributed by atoms with E-state index >= 15 is 0 Å². The molecule has 1 aromatic carbocycles. The molecule has 1 amide bonds. The first kappa shape index (κ1) is 11.8. The standard InChI is InChI=1S/C10H9ClN2O4/c11-6-1-2-8(9(3-6)13(16)17)10(15)12-4-7(14)5-12/h1-3,7,14H,4-5H2. The Labute approximate surface area is 102 Å². The summed E-state index contributed by atoms with van der Waals surface area (Å²) >= 11 is 5.65. The second-order valence-corrected chi connectivity index (χ2v) is 4.22. The van der Waals surface area contributed by atoms with Crippen molar-refractivity contribution in [2.24, 2.45) is 0 Å². The van der Waals surface area contributed by atoms with Crippen molar-refractivity contribution in [3.63, 3.8) is 0 Å². The monoisotopic (exact) mass is 256 g/mol. The molecule has 1 aromatic rings. The number of amides is 1. The summed E-state index contributed by atoms with van der Waals surface area (Å²) in [5.74, 6) is -0.460. The number of aliphatic hydroxyl groups excluding tert-OH is 1. The molecule has 0 spiro atoms. The van der Waals surface area contributed by atoms with Gasteiger partial charge in [0.05, 0.1) is 11.0 Å². The number of carbonyl (C=O) groups is 1. The molecular formula is C10H9ClN2O4. The fraction of sp³-hybridized carbons (Fsp3) is 0.300. The fourth-order valence-corrected chi connectivity index (χ4v) is 1.79. The van der Waals surface area contributed by atoms with Crippen molar-refractivity contribution in [2.75, 3.05) is 13.1 Å². The van der Waals surface area contributed by atoms with Crippen LogP contribution in [0.5, 0.6) is 0 Å². The number of nitro benzene ring substituents is 1. The van der Waals surface area contributed by atoms with Crippen molar-refractivity contribution in [3.8, 4) is 0 Å². The highest BCUT2D eigenvalue weighted by Gasteiger charge is 2.32. The summed E-state index contributed by atoms with van der Waals surface area (Å²) in [6, 6.07) is 3.90. The van der Waals surface area contributed by atoms with Gasteiger partial charge in [-0.3, -0.25) is 14.9 Å².